The number of fused-ring (bicyclic) bond motifs is 1. The molecule has 1 atom stereocenters. The fraction of sp³-hybridized carbons (Fsp3) is 0.524. The summed E-state index contributed by atoms with van der Waals surface area (Å²) >= 11 is 1.61. The van der Waals surface area contributed by atoms with Crippen molar-refractivity contribution in [1.29, 1.82) is 0 Å². The van der Waals surface area contributed by atoms with E-state index in [9.17, 15) is 18.0 Å². The van der Waals surface area contributed by atoms with Crippen LogP contribution in [0.2, 0.25) is 0 Å². The third kappa shape index (κ3) is 6.26. The van der Waals surface area contributed by atoms with Gasteiger partial charge >= 0.3 is 12.1 Å². The van der Waals surface area contributed by atoms with Gasteiger partial charge in [0.15, 0.2) is 17.0 Å². The van der Waals surface area contributed by atoms with E-state index in [1.807, 2.05) is 21.7 Å². The fourth-order valence-electron chi connectivity index (χ4n) is 3.99. The minimum atomic E-state index is -5.08. The quantitative estimate of drug-likeness (QED) is 0.530. The fourth-order valence-corrected chi connectivity index (χ4v) is 4.66. The maximum absolute atomic E-state index is 12.6. The first-order valence-corrected chi connectivity index (χ1v) is 12.2. The topological polar surface area (TPSA) is 127 Å². The summed E-state index contributed by atoms with van der Waals surface area (Å²) in [6.45, 7) is 4.20. The van der Waals surface area contributed by atoms with E-state index in [-0.39, 0.29) is 12.0 Å². The second-order valence-electron chi connectivity index (χ2n) is 8.28. The van der Waals surface area contributed by atoms with Gasteiger partial charge in [-0.25, -0.2) is 19.4 Å². The summed E-state index contributed by atoms with van der Waals surface area (Å²) < 4.78 is 39.4. The van der Waals surface area contributed by atoms with E-state index in [4.69, 9.17) is 14.6 Å². The number of anilines is 1. The summed E-state index contributed by atoms with van der Waals surface area (Å²) in [7, 11) is 0. The number of morpholine rings is 1. The molecule has 0 radical (unpaired) electrons. The Morgan fingerprint density at radius 1 is 1.19 bits per heavy atom. The zero-order valence-electron chi connectivity index (χ0n) is 19.1. The van der Waals surface area contributed by atoms with Crippen LogP contribution in [0, 0.1) is 0 Å². The van der Waals surface area contributed by atoms with E-state index in [0.29, 0.717) is 38.3 Å². The molecule has 3 aromatic rings. The van der Waals surface area contributed by atoms with E-state index in [1.165, 1.54) is 12.8 Å². The SMILES string of the molecule is O=C(Cc1ccsc1)N1CCOC(Cn2nnc3c(N4CCCC4)ncnc32)C1.O=C(O)C(F)(F)F. The Balaban J connectivity index is 0.000000384. The highest BCUT2D eigenvalue weighted by Gasteiger charge is 2.38. The Morgan fingerprint density at radius 2 is 1.94 bits per heavy atom. The molecular weight excluding hydrogens is 503 g/mol. The zero-order valence-corrected chi connectivity index (χ0v) is 19.9. The number of halogens is 3. The van der Waals surface area contributed by atoms with Crippen molar-refractivity contribution in [3.05, 3.63) is 28.7 Å². The third-order valence-electron chi connectivity index (χ3n) is 5.73. The molecule has 2 aliphatic heterocycles. The van der Waals surface area contributed by atoms with Crippen LogP contribution < -0.4 is 4.90 Å². The molecule has 2 fully saturated rings. The maximum atomic E-state index is 12.6. The number of amides is 1. The minimum Gasteiger partial charge on any atom is -0.475 e. The lowest BCUT2D eigenvalue weighted by Gasteiger charge is -2.33. The van der Waals surface area contributed by atoms with Gasteiger partial charge in [0.25, 0.3) is 0 Å². The van der Waals surface area contributed by atoms with Crippen LogP contribution in [0.5, 0.6) is 0 Å². The molecule has 11 nitrogen and oxygen atoms in total. The van der Waals surface area contributed by atoms with Gasteiger partial charge in [-0.05, 0) is 35.2 Å². The van der Waals surface area contributed by atoms with E-state index >= 15 is 0 Å². The predicted octanol–water partition coefficient (Wildman–Crippen LogP) is 1.99. The minimum absolute atomic E-state index is 0.134. The van der Waals surface area contributed by atoms with Gasteiger partial charge in [0, 0.05) is 26.2 Å². The molecule has 15 heteroatoms. The largest absolute Gasteiger partial charge is 0.490 e. The first-order chi connectivity index (χ1) is 17.2. The lowest BCUT2D eigenvalue weighted by molar-refractivity contribution is -0.192. The average molecular weight is 528 g/mol. The third-order valence-corrected chi connectivity index (χ3v) is 6.46. The number of ether oxygens (including phenoxy) is 1. The smallest absolute Gasteiger partial charge is 0.475 e. The molecule has 36 heavy (non-hydrogen) atoms. The molecular formula is C21H24F3N7O4S. The van der Waals surface area contributed by atoms with Crippen molar-refractivity contribution in [2.45, 2.75) is 38.1 Å². The van der Waals surface area contributed by atoms with Gasteiger partial charge < -0.3 is 19.6 Å². The van der Waals surface area contributed by atoms with Crippen molar-refractivity contribution in [2.24, 2.45) is 0 Å². The van der Waals surface area contributed by atoms with Gasteiger partial charge in [-0.15, -0.1) is 5.10 Å². The summed E-state index contributed by atoms with van der Waals surface area (Å²) in [5, 5.41) is 19.8. The van der Waals surface area contributed by atoms with E-state index < -0.39 is 12.1 Å². The normalized spacial score (nSPS) is 18.2. The number of aromatic nitrogens is 5. The molecule has 5 heterocycles. The van der Waals surface area contributed by atoms with Gasteiger partial charge in [0.05, 0.1) is 25.7 Å². The summed E-state index contributed by atoms with van der Waals surface area (Å²) in [4.78, 5) is 34.5. The highest BCUT2D eigenvalue weighted by Crippen LogP contribution is 2.24. The number of hydrogen-bond acceptors (Lipinski definition) is 9. The van der Waals surface area contributed by atoms with Crippen LogP contribution in [0.3, 0.4) is 0 Å². The van der Waals surface area contributed by atoms with Crippen LogP contribution in [0.4, 0.5) is 19.0 Å². The molecule has 0 bridgehead atoms. The monoisotopic (exact) mass is 527 g/mol. The Bertz CT molecular complexity index is 1180. The molecule has 194 valence electrons. The number of aliphatic carboxylic acids is 1. The molecule has 0 spiro atoms. The van der Waals surface area contributed by atoms with Gasteiger partial charge in [0.1, 0.15) is 6.33 Å². The predicted molar refractivity (Wildman–Crippen MR) is 123 cm³/mol. The van der Waals surface area contributed by atoms with Crippen LogP contribution in [0.25, 0.3) is 11.2 Å². The van der Waals surface area contributed by atoms with Crippen molar-refractivity contribution in [3.8, 4) is 0 Å². The lowest BCUT2D eigenvalue weighted by Crippen LogP contribution is -2.47. The molecule has 1 N–H and O–H groups in total. The number of carboxylic acids is 1. The number of carbonyl (C=O) groups is 2. The molecule has 2 saturated heterocycles. The van der Waals surface area contributed by atoms with Crippen molar-refractivity contribution in [3.63, 3.8) is 0 Å². The first kappa shape index (κ1) is 25.8. The summed E-state index contributed by atoms with van der Waals surface area (Å²) in [6.07, 6.45) is -0.857. The van der Waals surface area contributed by atoms with Gasteiger partial charge in [-0.1, -0.05) is 5.21 Å². The Hall–Kier alpha value is -3.33. The molecule has 1 unspecified atom stereocenters. The van der Waals surface area contributed by atoms with Gasteiger partial charge in [0.2, 0.25) is 5.91 Å². The van der Waals surface area contributed by atoms with Crippen LogP contribution in [0.1, 0.15) is 18.4 Å². The summed E-state index contributed by atoms with van der Waals surface area (Å²) in [5.41, 5.74) is 2.51. The number of rotatable bonds is 5. The maximum Gasteiger partial charge on any atom is 0.490 e. The number of thiophene rings is 1. The number of nitrogens with zero attached hydrogens (tertiary/aromatic N) is 7. The molecule has 0 aliphatic carbocycles. The van der Waals surface area contributed by atoms with Crippen LogP contribution in [-0.4, -0.2) is 91.9 Å². The van der Waals surface area contributed by atoms with E-state index in [0.717, 1.165) is 30.0 Å². The van der Waals surface area contributed by atoms with Crippen molar-refractivity contribution >= 4 is 40.2 Å². The summed E-state index contributed by atoms with van der Waals surface area (Å²) in [5.74, 6) is -1.76. The Labute approximate surface area is 207 Å². The molecule has 0 aromatic carbocycles. The van der Waals surface area contributed by atoms with E-state index in [2.05, 4.69) is 25.2 Å². The number of alkyl halides is 3. The molecule has 3 aromatic heterocycles. The van der Waals surface area contributed by atoms with Crippen molar-refractivity contribution < 1.29 is 32.6 Å². The zero-order chi connectivity index (χ0) is 25.7. The highest BCUT2D eigenvalue weighted by atomic mass is 32.1. The average Bonchev–Trinajstić information content (AvgIpc) is 3.62. The highest BCUT2D eigenvalue weighted by molar-refractivity contribution is 7.08. The number of carboxylic acid groups (broad SMARTS) is 1. The molecule has 5 rings (SSSR count). The molecule has 2 aliphatic rings. The van der Waals surface area contributed by atoms with Crippen molar-refractivity contribution in [1.82, 2.24) is 29.9 Å². The van der Waals surface area contributed by atoms with Crippen molar-refractivity contribution in [2.75, 3.05) is 37.7 Å². The van der Waals surface area contributed by atoms with Crippen LogP contribution in [0.15, 0.2) is 23.2 Å². The molecule has 1 amide bonds. The van der Waals surface area contributed by atoms with Crippen LogP contribution in [-0.2, 0) is 27.3 Å². The standard InChI is InChI=1S/C19H23N7O2S.C2HF3O2/c27-16(9-14-3-8-29-12-14)25-6-7-28-15(10-25)11-26-19-17(22-23-26)18(20-13-21-19)24-4-1-2-5-24;3-2(4,5)1(6)7/h3,8,12-13,15H,1-2,4-7,9-11H2;(H,6,7). The Morgan fingerprint density at radius 3 is 2.61 bits per heavy atom. The molecule has 0 saturated carbocycles. The second kappa shape index (κ2) is 11.2. The summed E-state index contributed by atoms with van der Waals surface area (Å²) in [6, 6.07) is 2.00. The van der Waals surface area contributed by atoms with Gasteiger partial charge in [-0.2, -0.15) is 24.5 Å². The van der Waals surface area contributed by atoms with Gasteiger partial charge in [-0.3, -0.25) is 4.79 Å². The second-order valence-corrected chi connectivity index (χ2v) is 9.06. The first-order valence-electron chi connectivity index (χ1n) is 11.2. The lowest BCUT2D eigenvalue weighted by atomic mass is 10.2. The number of carbonyl (C=O) groups excluding carboxylic acids is 1. The number of hydrogen-bond donors (Lipinski definition) is 1. The Kier molecular flexibility index (Phi) is 7.98. The van der Waals surface area contributed by atoms with E-state index in [1.54, 1.807) is 22.3 Å². The van der Waals surface area contributed by atoms with Crippen LogP contribution >= 0.6 is 11.3 Å².